The van der Waals surface area contributed by atoms with Gasteiger partial charge in [-0.25, -0.2) is 29.2 Å². The number of oxime groups is 1. The summed E-state index contributed by atoms with van der Waals surface area (Å²) in [6.45, 7) is 25.7. The number of imidazole rings is 1. The van der Waals surface area contributed by atoms with Gasteiger partial charge in [0.05, 0.1) is 46.2 Å². The molecule has 2 saturated carbocycles. The molecule has 8 atom stereocenters. The largest absolute Gasteiger partial charge is 0.489 e. The van der Waals surface area contributed by atoms with Gasteiger partial charge in [0.15, 0.2) is 5.75 Å². The van der Waals surface area contributed by atoms with E-state index < -0.39 is 52.4 Å². The summed E-state index contributed by atoms with van der Waals surface area (Å²) < 4.78 is 83.7. The van der Waals surface area contributed by atoms with Crippen LogP contribution in [0.25, 0.3) is 0 Å². The molecular formula is C96H106Cl9F3N12O12S. The third kappa shape index (κ3) is 33.4. The van der Waals surface area contributed by atoms with E-state index in [9.17, 15) is 37.6 Å². The highest BCUT2D eigenvalue weighted by atomic mass is 35.5. The van der Waals surface area contributed by atoms with Crippen LogP contribution in [0.4, 0.5) is 22.8 Å². The van der Waals surface area contributed by atoms with Crippen molar-refractivity contribution in [2.75, 3.05) is 39.6 Å². The predicted molar refractivity (Wildman–Crippen MR) is 517 cm³/mol. The third-order valence-electron chi connectivity index (χ3n) is 22.1. The second kappa shape index (κ2) is 51.4. The lowest BCUT2D eigenvalue weighted by Gasteiger charge is -2.42. The number of benzene rings is 7. The standard InChI is InChI=1S/C23H19ClF3NO3.C21H20Cl2O3.C17H24ClN3.C15H16Cl3N3O2.C15H17Cl2N3O2.C5H10N2O2S/c1-22(2)17(12-19(24)23(25,26)27)20(22)21(29)31-18(13-28)14-7-6-10-16(11-14)30-15-8-4-3-5-9-15;1-21(2)17(12-18(22)23)19(21)20(24)25-13-14-7-6-10-16(11-14)26-15-8-4-3-5-9-15;1-16(2,3)17(4,11-21-13-19-12-20-21)10-9-14-5-7-15(18)8-6-14;1-2-4-20(15(22)21-5-3-19-10-21)6-7-23-14-12(17)8-11(16)9-13(14)18;1-2-3-12-7-21-15(22-12,8-20-10-18-9-19-20)13-5-4-11(16)6-14(13)17;1-4(10-3)7-9-5(8)6-2/h3-12,17-18,20H,1-2H3;3-12,17,19H,13H2,1-2H3;5-8,12-13H,9-11H2,1-4H3;3,5,8-10H,2,4,6-7H2,1H3;4-6,9-10,12H,2-3,7-8H2,1H3;1-3H3,(H,6,8)/b19-12-;;;;;/t17-,18+,20-;;;;;/m1...../s1. The van der Waals surface area contributed by atoms with Gasteiger partial charge in [-0.3, -0.25) is 23.7 Å². The van der Waals surface area contributed by atoms with Crippen molar-refractivity contribution in [2.24, 2.45) is 50.5 Å². The molecule has 133 heavy (non-hydrogen) atoms. The van der Waals surface area contributed by atoms with Crippen molar-refractivity contribution in [3.8, 4) is 34.8 Å². The van der Waals surface area contributed by atoms with Crippen LogP contribution in [0, 0.1) is 56.7 Å². The van der Waals surface area contributed by atoms with Gasteiger partial charge in [-0.2, -0.15) is 28.6 Å². The number of carbonyl (C=O) groups is 4. The van der Waals surface area contributed by atoms with Crippen molar-refractivity contribution in [3.05, 3.63) is 282 Å². The number of allylic oxidation sites excluding steroid dienone is 3. The molecule has 5 unspecified atom stereocenters. The number of rotatable bonds is 29. The maximum absolute atomic E-state index is 12.7. The molecule has 7 aromatic carbocycles. The Morgan fingerprint density at radius 3 is 1.80 bits per heavy atom. The van der Waals surface area contributed by atoms with Crippen LogP contribution >= 0.6 is 116 Å². The number of amides is 2. The van der Waals surface area contributed by atoms with E-state index in [1.807, 2.05) is 129 Å². The van der Waals surface area contributed by atoms with Gasteiger partial charge in [-0.1, -0.05) is 270 Å². The molecule has 0 bridgehead atoms. The molecule has 3 aromatic heterocycles. The van der Waals surface area contributed by atoms with Crippen molar-refractivity contribution < 1.29 is 70.3 Å². The SMILES string of the molecule is CC(C)(C)C(C)(CCc1ccc(Cl)cc1)Cn1cncn1.CC1(C)C(C=C(Cl)Cl)C1C(=O)OCc1cccc(Oc2ccccc2)c1.CC1(C)[C@H](/C=C(\Cl)C(F)(F)F)[C@@H]1C(=O)O[C@@H](C#N)c1cccc(Oc2ccccc2)c1.CCCC1COC(Cn2cncn2)(c2ccc(Cl)cc2Cl)O1.CCCN(CCOc1c(Cl)cc(Cl)cc1Cl)C(=O)n1ccnc1.CNC(=O)ON=C(C)SC. The Labute approximate surface area is 822 Å². The average Bonchev–Trinajstić information content (AvgIpc) is 1.58. The number of halogens is 12. The molecule has 1 N–H and O–H groups in total. The molecule has 37 heteroatoms. The molecule has 0 radical (unpaired) electrons. The first-order valence-electron chi connectivity index (χ1n) is 42.1. The minimum absolute atomic E-state index is 0.00717. The molecule has 10 aromatic rings. The van der Waals surface area contributed by atoms with Gasteiger partial charge in [-0.05, 0) is 174 Å². The van der Waals surface area contributed by atoms with E-state index in [2.05, 4.69) is 87.2 Å². The van der Waals surface area contributed by atoms with Crippen LogP contribution in [-0.2, 0) is 65.3 Å². The molecule has 13 rings (SSSR count). The number of esters is 2. The van der Waals surface area contributed by atoms with Gasteiger partial charge in [0, 0.05) is 58.7 Å². The van der Waals surface area contributed by atoms with Crippen molar-refractivity contribution in [1.29, 1.82) is 5.26 Å². The van der Waals surface area contributed by atoms with Gasteiger partial charge in [0.25, 0.3) is 0 Å². The first-order chi connectivity index (χ1) is 63.1. The number of nitrogens with one attached hydrogen (secondary N) is 1. The minimum Gasteiger partial charge on any atom is -0.489 e. The predicted octanol–water partition coefficient (Wildman–Crippen LogP) is 26.6. The number of hydrogen-bond donors (Lipinski definition) is 1. The summed E-state index contributed by atoms with van der Waals surface area (Å²) in [4.78, 5) is 65.7. The Balaban J connectivity index is 0.000000201. The molecule has 4 heterocycles. The van der Waals surface area contributed by atoms with Gasteiger partial charge in [0.1, 0.15) is 95.0 Å². The number of thioether (sulfide) groups is 1. The van der Waals surface area contributed by atoms with E-state index in [0.717, 1.165) is 66.6 Å². The van der Waals surface area contributed by atoms with Crippen molar-refractivity contribution in [2.45, 2.75) is 152 Å². The zero-order chi connectivity index (χ0) is 97.4. The van der Waals surface area contributed by atoms with Gasteiger partial charge >= 0.3 is 30.2 Å². The molecule has 24 nitrogen and oxygen atoms in total. The monoisotopic (exact) mass is 2020 g/mol. The number of nitriles is 1. The molecule has 2 aliphatic carbocycles. The smallest absolute Gasteiger partial charge is 0.433 e. The molecule has 3 aliphatic rings. The summed E-state index contributed by atoms with van der Waals surface area (Å²) in [7, 11) is 1.48. The first-order valence-corrected chi connectivity index (χ1v) is 46.8. The number of alkyl halides is 3. The molecule has 2 amide bonds. The highest BCUT2D eigenvalue weighted by molar-refractivity contribution is 8.13. The number of carbonyl (C=O) groups excluding carboxylic acids is 4. The van der Waals surface area contributed by atoms with Crippen LogP contribution in [0.5, 0.6) is 28.7 Å². The van der Waals surface area contributed by atoms with Gasteiger partial charge < -0.3 is 43.4 Å². The topological polar surface area (TPSA) is 273 Å². The van der Waals surface area contributed by atoms with Crippen molar-refractivity contribution in [3.63, 3.8) is 0 Å². The van der Waals surface area contributed by atoms with E-state index in [4.69, 9.17) is 138 Å². The number of para-hydroxylation sites is 2. The molecule has 0 spiro atoms. The van der Waals surface area contributed by atoms with Crippen LogP contribution in [0.2, 0.25) is 30.1 Å². The van der Waals surface area contributed by atoms with E-state index in [0.29, 0.717) is 85.0 Å². The number of aromatic nitrogens is 8. The maximum atomic E-state index is 12.7. The Morgan fingerprint density at radius 1 is 0.684 bits per heavy atom. The Morgan fingerprint density at radius 2 is 1.26 bits per heavy atom. The molecule has 3 fully saturated rings. The Bertz CT molecular complexity index is 5500. The van der Waals surface area contributed by atoms with Crippen LogP contribution in [0.3, 0.4) is 0 Å². The fraction of sp³-hybridized carbons (Fsp3) is 0.385. The van der Waals surface area contributed by atoms with Gasteiger partial charge in [0.2, 0.25) is 11.9 Å². The third-order valence-corrected chi connectivity index (χ3v) is 24.9. The summed E-state index contributed by atoms with van der Waals surface area (Å²) in [6.07, 6.45) is 14.1. The summed E-state index contributed by atoms with van der Waals surface area (Å²) in [5.74, 6) is -0.861. The van der Waals surface area contributed by atoms with Crippen LogP contribution in [-0.4, -0.2) is 125 Å². The maximum Gasteiger partial charge on any atom is 0.433 e. The molecule has 1 saturated heterocycles. The van der Waals surface area contributed by atoms with Crippen LogP contribution < -0.4 is 19.5 Å². The second-order valence-electron chi connectivity index (χ2n) is 33.3. The quantitative estimate of drug-likeness (QED) is 0.0150. The number of aryl methyl sites for hydroxylation is 1. The number of hydrogen-bond acceptors (Lipinski definition) is 20. The fourth-order valence-corrected chi connectivity index (χ4v) is 16.0. The highest BCUT2D eigenvalue weighted by Gasteiger charge is 2.63. The zero-order valence-corrected chi connectivity index (χ0v) is 83.1. The van der Waals surface area contributed by atoms with Crippen LogP contribution in [0.1, 0.15) is 130 Å². The summed E-state index contributed by atoms with van der Waals surface area (Å²) in [5.41, 5.74) is 2.72. The summed E-state index contributed by atoms with van der Waals surface area (Å²) >= 11 is 54.5. The van der Waals surface area contributed by atoms with E-state index in [1.54, 1.807) is 128 Å². The summed E-state index contributed by atoms with van der Waals surface area (Å²) in [5, 5.41) is 26.1. The Hall–Kier alpha value is -9.58. The molecule has 712 valence electrons. The fourth-order valence-electron chi connectivity index (χ4n) is 13.9. The van der Waals surface area contributed by atoms with Crippen molar-refractivity contribution in [1.82, 2.24) is 49.3 Å². The van der Waals surface area contributed by atoms with E-state index in [-0.39, 0.29) is 63.9 Å². The first kappa shape index (κ1) is 109. The lowest BCUT2D eigenvalue weighted by atomic mass is 9.65. The second-order valence-corrected chi connectivity index (χ2v) is 38.2. The molecular weight excluding hydrogens is 1920 g/mol. The minimum atomic E-state index is -4.68. The molecule has 1 aliphatic heterocycles. The van der Waals surface area contributed by atoms with E-state index >= 15 is 0 Å². The van der Waals surface area contributed by atoms with Crippen molar-refractivity contribution >= 4 is 145 Å². The lowest BCUT2D eigenvalue weighted by molar-refractivity contribution is -0.189. The normalized spacial score (nSPS) is 17.9. The lowest BCUT2D eigenvalue weighted by Crippen LogP contribution is -2.37. The summed E-state index contributed by atoms with van der Waals surface area (Å²) in [6, 6.07) is 50.9. The Kier molecular flexibility index (Phi) is 42.0. The van der Waals surface area contributed by atoms with E-state index in [1.165, 1.54) is 41.6 Å². The van der Waals surface area contributed by atoms with Crippen LogP contribution in [0.15, 0.2) is 235 Å². The highest BCUT2D eigenvalue weighted by Crippen LogP contribution is 2.62. The number of nitrogens with zero attached hydrogens (tertiary/aromatic N) is 11. The average molecular weight is 2030 g/mol. The zero-order valence-electron chi connectivity index (χ0n) is 75.5. The van der Waals surface area contributed by atoms with Gasteiger partial charge in [-0.15, -0.1) is 11.8 Å². The number of ether oxygens (including phenoxy) is 7.